The predicted octanol–water partition coefficient (Wildman–Crippen LogP) is 12.7. The third kappa shape index (κ3) is 7.83. The SMILES string of the molecule is CCCCCCCc1ccc(-c2ccc(-c3ccc(C4=CCC(C5CCC(CCC)CC5)CC4)cc3F)cc2)c(F)c1F. The predicted molar refractivity (Wildman–Crippen MR) is 175 cm³/mol. The van der Waals surface area contributed by atoms with Crippen LogP contribution < -0.4 is 0 Å². The molecule has 5 rings (SSSR count). The van der Waals surface area contributed by atoms with E-state index in [2.05, 4.69) is 19.9 Å². The Morgan fingerprint density at radius 3 is 1.95 bits per heavy atom. The zero-order chi connectivity index (χ0) is 30.2. The van der Waals surface area contributed by atoms with Gasteiger partial charge in [-0.25, -0.2) is 13.2 Å². The van der Waals surface area contributed by atoms with Gasteiger partial charge in [-0.05, 0) is 96.6 Å². The maximum absolute atomic E-state index is 15.4. The van der Waals surface area contributed by atoms with Crippen molar-refractivity contribution in [1.29, 1.82) is 0 Å². The maximum atomic E-state index is 15.4. The molecule has 1 saturated carbocycles. The Balaban J connectivity index is 1.21. The molecule has 1 unspecified atom stereocenters. The van der Waals surface area contributed by atoms with Gasteiger partial charge in [0.05, 0.1) is 0 Å². The minimum absolute atomic E-state index is 0.242. The van der Waals surface area contributed by atoms with Crippen molar-refractivity contribution in [3.8, 4) is 22.3 Å². The van der Waals surface area contributed by atoms with Crippen LogP contribution in [0.1, 0.15) is 115 Å². The molecule has 2 aliphatic rings. The zero-order valence-electron chi connectivity index (χ0n) is 26.2. The summed E-state index contributed by atoms with van der Waals surface area (Å²) in [6, 6.07) is 16.0. The van der Waals surface area contributed by atoms with Gasteiger partial charge in [-0.1, -0.05) is 120 Å². The van der Waals surface area contributed by atoms with E-state index in [1.165, 1.54) is 56.9 Å². The second-order valence-corrected chi connectivity index (χ2v) is 13.2. The van der Waals surface area contributed by atoms with Gasteiger partial charge >= 0.3 is 0 Å². The van der Waals surface area contributed by atoms with E-state index in [9.17, 15) is 4.39 Å². The highest BCUT2D eigenvalue weighted by molar-refractivity contribution is 5.74. The zero-order valence-corrected chi connectivity index (χ0v) is 26.2. The van der Waals surface area contributed by atoms with Crippen LogP contribution in [0, 0.1) is 35.2 Å². The Hall–Kier alpha value is -2.81. The van der Waals surface area contributed by atoms with E-state index in [4.69, 9.17) is 0 Å². The van der Waals surface area contributed by atoms with Crippen LogP contribution in [-0.2, 0) is 6.42 Å². The van der Waals surface area contributed by atoms with Gasteiger partial charge in [0, 0.05) is 11.1 Å². The number of benzene rings is 3. The van der Waals surface area contributed by atoms with Gasteiger partial charge in [-0.15, -0.1) is 0 Å². The fourth-order valence-electron chi connectivity index (χ4n) is 7.60. The summed E-state index contributed by atoms with van der Waals surface area (Å²) in [5, 5.41) is 0. The molecule has 0 nitrogen and oxygen atoms in total. The Bertz CT molecular complexity index is 1360. The van der Waals surface area contributed by atoms with Crippen LogP contribution in [0.5, 0.6) is 0 Å². The summed E-state index contributed by atoms with van der Waals surface area (Å²) in [7, 11) is 0. The highest BCUT2D eigenvalue weighted by atomic mass is 19.2. The molecule has 3 aromatic carbocycles. The fraction of sp³-hybridized carbons (Fsp3) is 0.500. The fourth-order valence-corrected chi connectivity index (χ4v) is 7.60. The number of hydrogen-bond donors (Lipinski definition) is 0. The van der Waals surface area contributed by atoms with Crippen molar-refractivity contribution in [2.24, 2.45) is 17.8 Å². The van der Waals surface area contributed by atoms with Gasteiger partial charge in [-0.3, -0.25) is 0 Å². The Kier molecular flexibility index (Phi) is 11.2. The normalized spacial score (nSPS) is 20.7. The number of halogens is 3. The summed E-state index contributed by atoms with van der Waals surface area (Å²) in [5.74, 6) is 0.778. The number of allylic oxidation sites excluding steroid dienone is 2. The summed E-state index contributed by atoms with van der Waals surface area (Å²) in [4.78, 5) is 0. The van der Waals surface area contributed by atoms with E-state index in [1.54, 1.807) is 42.5 Å². The van der Waals surface area contributed by atoms with Gasteiger partial charge in [0.2, 0.25) is 0 Å². The summed E-state index contributed by atoms with van der Waals surface area (Å²) in [6.07, 6.45) is 19.9. The molecule has 0 saturated heterocycles. The summed E-state index contributed by atoms with van der Waals surface area (Å²) in [6.45, 7) is 4.46. The third-order valence-corrected chi connectivity index (χ3v) is 10.3. The molecular formula is C40H49F3. The summed E-state index contributed by atoms with van der Waals surface area (Å²) in [5.41, 5.74) is 4.77. The van der Waals surface area contributed by atoms with E-state index in [-0.39, 0.29) is 11.4 Å². The summed E-state index contributed by atoms with van der Waals surface area (Å²) >= 11 is 0. The molecule has 0 radical (unpaired) electrons. The molecule has 230 valence electrons. The largest absolute Gasteiger partial charge is 0.206 e. The van der Waals surface area contributed by atoms with Crippen molar-refractivity contribution in [3.63, 3.8) is 0 Å². The third-order valence-electron chi connectivity index (χ3n) is 10.3. The van der Waals surface area contributed by atoms with E-state index in [0.29, 0.717) is 23.1 Å². The molecule has 0 bridgehead atoms. The monoisotopic (exact) mass is 586 g/mol. The minimum Gasteiger partial charge on any atom is -0.206 e. The number of aryl methyl sites for hydroxylation is 1. The minimum atomic E-state index is -0.804. The molecule has 0 N–H and O–H groups in total. The average molecular weight is 587 g/mol. The van der Waals surface area contributed by atoms with E-state index >= 15 is 8.78 Å². The number of unbranched alkanes of at least 4 members (excludes halogenated alkanes) is 4. The second-order valence-electron chi connectivity index (χ2n) is 13.2. The first-order valence-electron chi connectivity index (χ1n) is 17.0. The molecule has 43 heavy (non-hydrogen) atoms. The van der Waals surface area contributed by atoms with Crippen molar-refractivity contribution in [2.45, 2.75) is 110 Å². The van der Waals surface area contributed by atoms with Crippen molar-refractivity contribution in [2.75, 3.05) is 0 Å². The first-order chi connectivity index (χ1) is 21.0. The molecule has 0 spiro atoms. The molecule has 2 aliphatic carbocycles. The standard InChI is InChI=1S/C40H49F3/c1-3-5-6-7-8-10-34-23-26-37(40(43)39(34)42)33-21-19-32(20-22-33)36-25-24-35(27-38(36)41)31-17-15-30(16-18-31)29-13-11-28(9-4-2)12-14-29/h17,19-30H,3-16,18H2,1-2H3. The Morgan fingerprint density at radius 2 is 1.30 bits per heavy atom. The highest BCUT2D eigenvalue weighted by Crippen LogP contribution is 2.42. The molecule has 3 aromatic rings. The van der Waals surface area contributed by atoms with Gasteiger partial charge in [-0.2, -0.15) is 0 Å². The first kappa shape index (κ1) is 31.6. The van der Waals surface area contributed by atoms with E-state index < -0.39 is 11.6 Å². The van der Waals surface area contributed by atoms with Crippen LogP contribution in [-0.4, -0.2) is 0 Å². The first-order valence-corrected chi connectivity index (χ1v) is 17.0. The van der Waals surface area contributed by atoms with Gasteiger partial charge in [0.1, 0.15) is 5.82 Å². The molecule has 1 atom stereocenters. The Labute approximate surface area is 257 Å². The average Bonchev–Trinajstić information content (AvgIpc) is 3.04. The van der Waals surface area contributed by atoms with E-state index in [0.717, 1.165) is 67.4 Å². The molecular weight excluding hydrogens is 537 g/mol. The lowest BCUT2D eigenvalue weighted by molar-refractivity contribution is 0.189. The molecule has 1 fully saturated rings. The van der Waals surface area contributed by atoms with Gasteiger partial charge < -0.3 is 0 Å². The van der Waals surface area contributed by atoms with Crippen LogP contribution in [0.2, 0.25) is 0 Å². The molecule has 3 heteroatoms. The number of rotatable bonds is 12. The van der Waals surface area contributed by atoms with Crippen LogP contribution >= 0.6 is 0 Å². The van der Waals surface area contributed by atoms with Crippen LogP contribution in [0.25, 0.3) is 27.8 Å². The molecule has 0 aliphatic heterocycles. The molecule has 0 heterocycles. The lowest BCUT2D eigenvalue weighted by Crippen LogP contribution is -2.23. The van der Waals surface area contributed by atoms with Crippen molar-refractivity contribution in [1.82, 2.24) is 0 Å². The maximum Gasteiger partial charge on any atom is 0.166 e. The number of hydrogen-bond acceptors (Lipinski definition) is 0. The molecule has 0 aromatic heterocycles. The van der Waals surface area contributed by atoms with Gasteiger partial charge in [0.25, 0.3) is 0 Å². The molecule has 0 amide bonds. The van der Waals surface area contributed by atoms with Crippen molar-refractivity contribution >= 4 is 5.57 Å². The topological polar surface area (TPSA) is 0 Å². The summed E-state index contributed by atoms with van der Waals surface area (Å²) < 4.78 is 45.2. The second kappa shape index (κ2) is 15.3. The lowest BCUT2D eigenvalue weighted by Gasteiger charge is -2.35. The lowest BCUT2D eigenvalue weighted by atomic mass is 9.70. The highest BCUT2D eigenvalue weighted by Gasteiger charge is 2.28. The van der Waals surface area contributed by atoms with Crippen molar-refractivity contribution in [3.05, 3.63) is 89.3 Å². The van der Waals surface area contributed by atoms with Crippen LogP contribution in [0.15, 0.2) is 60.7 Å². The van der Waals surface area contributed by atoms with Gasteiger partial charge in [0.15, 0.2) is 11.6 Å². The van der Waals surface area contributed by atoms with Crippen LogP contribution in [0.3, 0.4) is 0 Å². The van der Waals surface area contributed by atoms with Crippen LogP contribution in [0.4, 0.5) is 13.2 Å². The van der Waals surface area contributed by atoms with E-state index in [1.807, 2.05) is 12.1 Å². The quantitative estimate of drug-likeness (QED) is 0.185. The smallest absolute Gasteiger partial charge is 0.166 e. The Morgan fingerprint density at radius 1 is 0.628 bits per heavy atom. The van der Waals surface area contributed by atoms with Crippen molar-refractivity contribution < 1.29 is 13.2 Å².